The number of amides is 2. The summed E-state index contributed by atoms with van der Waals surface area (Å²) in [6.07, 6.45) is 4.14. The summed E-state index contributed by atoms with van der Waals surface area (Å²) in [5, 5.41) is 2.98. The van der Waals surface area contributed by atoms with Gasteiger partial charge in [-0.2, -0.15) is 0 Å². The lowest BCUT2D eigenvalue weighted by atomic mass is 10.1. The third-order valence-electron chi connectivity index (χ3n) is 5.09. The van der Waals surface area contributed by atoms with Gasteiger partial charge < -0.3 is 19.9 Å². The lowest BCUT2D eigenvalue weighted by molar-refractivity contribution is -0.134. The maximum Gasteiger partial charge on any atom is 0.265 e. The minimum Gasteiger partial charge on any atom is -0.482 e. The Balaban J connectivity index is 1.69. The molecule has 0 spiro atoms. The molecule has 30 heavy (non-hydrogen) atoms. The van der Waals surface area contributed by atoms with Crippen molar-refractivity contribution < 1.29 is 14.3 Å². The van der Waals surface area contributed by atoms with Crippen LogP contribution in [0.3, 0.4) is 0 Å². The van der Waals surface area contributed by atoms with E-state index in [2.05, 4.69) is 10.2 Å². The summed E-state index contributed by atoms with van der Waals surface area (Å²) in [5.74, 6) is 0.315. The Morgan fingerprint density at radius 3 is 2.57 bits per heavy atom. The van der Waals surface area contributed by atoms with E-state index in [-0.39, 0.29) is 18.4 Å². The van der Waals surface area contributed by atoms with Gasteiger partial charge in [-0.05, 0) is 58.0 Å². The number of ether oxygens (including phenoxy) is 1. The van der Waals surface area contributed by atoms with Crippen LogP contribution in [0.4, 0.5) is 0 Å². The van der Waals surface area contributed by atoms with Crippen molar-refractivity contribution in [1.29, 1.82) is 0 Å². The van der Waals surface area contributed by atoms with Crippen molar-refractivity contribution in [2.75, 3.05) is 46.9 Å². The van der Waals surface area contributed by atoms with Gasteiger partial charge in [-0.25, -0.2) is 0 Å². The smallest absolute Gasteiger partial charge is 0.265 e. The fourth-order valence-electron chi connectivity index (χ4n) is 3.44. The predicted molar refractivity (Wildman–Crippen MR) is 121 cm³/mol. The average Bonchev–Trinajstić information content (AvgIpc) is 3.20. The van der Waals surface area contributed by atoms with Crippen LogP contribution in [0.15, 0.2) is 36.4 Å². The number of benzene rings is 1. The lowest BCUT2D eigenvalue weighted by Gasteiger charge is -2.26. The lowest BCUT2D eigenvalue weighted by Crippen LogP contribution is -2.38. The molecule has 162 valence electrons. The number of likely N-dealkylation sites (tertiary alicyclic amines) is 1. The molecule has 0 aliphatic carbocycles. The summed E-state index contributed by atoms with van der Waals surface area (Å²) in [6.45, 7) is 3.06. The number of hydrogen-bond acceptors (Lipinski definition) is 5. The first-order valence-corrected chi connectivity index (χ1v) is 11.4. The van der Waals surface area contributed by atoms with Crippen molar-refractivity contribution in [3.63, 3.8) is 0 Å². The second-order valence-corrected chi connectivity index (χ2v) is 8.87. The van der Waals surface area contributed by atoms with Gasteiger partial charge >= 0.3 is 0 Å². The molecular weight excluding hydrogens is 398 g/mol. The predicted octanol–water partition coefficient (Wildman–Crippen LogP) is 3.49. The van der Waals surface area contributed by atoms with E-state index in [1.165, 1.54) is 17.8 Å². The van der Waals surface area contributed by atoms with E-state index in [0.29, 0.717) is 17.2 Å². The maximum absolute atomic E-state index is 12.8. The van der Waals surface area contributed by atoms with Crippen molar-refractivity contribution in [2.24, 2.45) is 0 Å². The number of carbonyl (C=O) groups is 2. The minimum absolute atomic E-state index is 0.0143. The molecule has 1 aromatic heterocycles. The van der Waals surface area contributed by atoms with Gasteiger partial charge in [0.25, 0.3) is 11.8 Å². The number of piperidine rings is 1. The van der Waals surface area contributed by atoms with Crippen LogP contribution in [-0.4, -0.2) is 68.5 Å². The third-order valence-corrected chi connectivity index (χ3v) is 6.25. The van der Waals surface area contributed by atoms with E-state index in [1.807, 2.05) is 55.4 Å². The number of rotatable bonds is 9. The van der Waals surface area contributed by atoms with E-state index in [0.717, 1.165) is 49.3 Å². The molecule has 0 saturated carbocycles. The molecule has 2 aromatic rings. The molecule has 1 aliphatic rings. The minimum atomic E-state index is -0.152. The molecule has 1 saturated heterocycles. The largest absolute Gasteiger partial charge is 0.482 e. The molecule has 1 aromatic carbocycles. The molecule has 6 nitrogen and oxygen atoms in total. The van der Waals surface area contributed by atoms with Crippen molar-refractivity contribution in [2.45, 2.75) is 25.7 Å². The van der Waals surface area contributed by atoms with E-state index in [1.54, 1.807) is 0 Å². The number of carbonyl (C=O) groups excluding carboxylic acids is 2. The van der Waals surface area contributed by atoms with Gasteiger partial charge in [0.1, 0.15) is 10.6 Å². The van der Waals surface area contributed by atoms with Gasteiger partial charge in [0.2, 0.25) is 0 Å². The Bertz CT molecular complexity index is 829. The molecular formula is C23H31N3O3S. The van der Waals surface area contributed by atoms with Gasteiger partial charge in [-0.15, -0.1) is 11.3 Å². The zero-order valence-electron chi connectivity index (χ0n) is 17.9. The maximum atomic E-state index is 12.8. The highest BCUT2D eigenvalue weighted by atomic mass is 32.1. The molecule has 2 heterocycles. The Morgan fingerprint density at radius 1 is 1.13 bits per heavy atom. The van der Waals surface area contributed by atoms with Crippen LogP contribution in [0.25, 0.3) is 10.4 Å². The van der Waals surface area contributed by atoms with Crippen molar-refractivity contribution in [3.05, 3.63) is 41.3 Å². The fraction of sp³-hybridized carbons (Fsp3) is 0.478. The average molecular weight is 430 g/mol. The van der Waals surface area contributed by atoms with Crippen LogP contribution < -0.4 is 10.1 Å². The molecule has 0 radical (unpaired) electrons. The number of thiophene rings is 1. The highest BCUT2D eigenvalue weighted by molar-refractivity contribution is 7.17. The quantitative estimate of drug-likeness (QED) is 0.620. The molecule has 7 heteroatoms. The third kappa shape index (κ3) is 6.31. The monoisotopic (exact) mass is 429 g/mol. The Kier molecular flexibility index (Phi) is 8.28. The highest BCUT2D eigenvalue weighted by Gasteiger charge is 2.21. The number of nitrogens with zero attached hydrogens (tertiary/aromatic N) is 2. The molecule has 2 amide bonds. The van der Waals surface area contributed by atoms with Crippen LogP contribution in [0.5, 0.6) is 5.75 Å². The van der Waals surface area contributed by atoms with Gasteiger partial charge in [-0.3, -0.25) is 9.59 Å². The van der Waals surface area contributed by atoms with Crippen LogP contribution in [0.2, 0.25) is 0 Å². The topological polar surface area (TPSA) is 61.9 Å². The summed E-state index contributed by atoms with van der Waals surface area (Å²) >= 11 is 1.40. The van der Waals surface area contributed by atoms with E-state index in [9.17, 15) is 9.59 Å². The summed E-state index contributed by atoms with van der Waals surface area (Å²) in [6, 6.07) is 11.8. The van der Waals surface area contributed by atoms with E-state index in [4.69, 9.17) is 4.74 Å². The van der Waals surface area contributed by atoms with Gasteiger partial charge in [0.05, 0.1) is 0 Å². The molecule has 0 bridgehead atoms. The standard InChI is InChI=1S/C23H31N3O3S/c1-25(2)13-9-12-24-23(28)22-19(16-20(30-22)18-10-5-3-6-11-18)29-17-21(27)26-14-7-4-8-15-26/h3,5-6,10-11,16H,4,7-9,12-15,17H2,1-2H3,(H,24,28). The summed E-state index contributed by atoms with van der Waals surface area (Å²) in [4.78, 5) is 30.7. The summed E-state index contributed by atoms with van der Waals surface area (Å²) < 4.78 is 5.87. The highest BCUT2D eigenvalue weighted by Crippen LogP contribution is 2.36. The summed E-state index contributed by atoms with van der Waals surface area (Å²) in [7, 11) is 4.02. The zero-order chi connectivity index (χ0) is 21.3. The second-order valence-electron chi connectivity index (χ2n) is 7.81. The number of nitrogens with one attached hydrogen (secondary N) is 1. The summed E-state index contributed by atoms with van der Waals surface area (Å²) in [5.41, 5.74) is 1.03. The molecule has 0 atom stereocenters. The first-order chi connectivity index (χ1) is 14.5. The zero-order valence-corrected chi connectivity index (χ0v) is 18.7. The Labute approximate surface area is 182 Å². The van der Waals surface area contributed by atoms with Crippen molar-refractivity contribution >= 4 is 23.2 Å². The molecule has 3 rings (SSSR count). The van der Waals surface area contributed by atoms with E-state index >= 15 is 0 Å². The second kappa shape index (κ2) is 11.1. The Hall–Kier alpha value is -2.38. The van der Waals surface area contributed by atoms with E-state index < -0.39 is 0 Å². The fourth-order valence-corrected chi connectivity index (χ4v) is 4.46. The van der Waals surface area contributed by atoms with Crippen LogP contribution in [-0.2, 0) is 4.79 Å². The Morgan fingerprint density at radius 2 is 1.87 bits per heavy atom. The SMILES string of the molecule is CN(C)CCCNC(=O)c1sc(-c2ccccc2)cc1OCC(=O)N1CCCCC1. The van der Waals surface area contributed by atoms with Crippen molar-refractivity contribution in [3.8, 4) is 16.2 Å². The van der Waals surface area contributed by atoms with Crippen LogP contribution in [0, 0.1) is 0 Å². The normalized spacial score (nSPS) is 14.0. The molecule has 1 N–H and O–H groups in total. The molecule has 0 unspecified atom stereocenters. The van der Waals surface area contributed by atoms with Crippen LogP contribution in [0.1, 0.15) is 35.4 Å². The number of hydrogen-bond donors (Lipinski definition) is 1. The van der Waals surface area contributed by atoms with Gasteiger partial charge in [0, 0.05) is 24.5 Å². The first-order valence-electron chi connectivity index (χ1n) is 10.6. The van der Waals surface area contributed by atoms with Crippen molar-refractivity contribution in [1.82, 2.24) is 15.1 Å². The first kappa shape index (κ1) is 22.3. The van der Waals surface area contributed by atoms with Gasteiger partial charge in [0.15, 0.2) is 6.61 Å². The molecule has 1 aliphatic heterocycles. The van der Waals surface area contributed by atoms with Crippen LogP contribution >= 0.6 is 11.3 Å². The van der Waals surface area contributed by atoms with Gasteiger partial charge in [-0.1, -0.05) is 30.3 Å². The molecule has 1 fully saturated rings.